The molecule has 16 heavy (non-hydrogen) atoms. The molecule has 0 saturated heterocycles. The van der Waals surface area contributed by atoms with E-state index in [1.54, 1.807) is 23.3 Å². The molecule has 4 nitrogen and oxygen atoms in total. The first-order valence-electron chi connectivity index (χ1n) is 5.33. The third-order valence-electron chi connectivity index (χ3n) is 2.44. The van der Waals surface area contributed by atoms with Gasteiger partial charge in [0.25, 0.3) is 0 Å². The van der Waals surface area contributed by atoms with Crippen LogP contribution in [0.4, 0.5) is 0 Å². The largest absolute Gasteiger partial charge is 0.339 e. The van der Waals surface area contributed by atoms with Gasteiger partial charge in [0.1, 0.15) is 0 Å². The van der Waals surface area contributed by atoms with Crippen LogP contribution >= 0.6 is 11.3 Å². The minimum Gasteiger partial charge on any atom is -0.339 e. The van der Waals surface area contributed by atoms with Gasteiger partial charge in [-0.15, -0.1) is 11.3 Å². The summed E-state index contributed by atoms with van der Waals surface area (Å²) in [6.07, 6.45) is 1.81. The highest BCUT2D eigenvalue weighted by atomic mass is 32.1. The predicted octanol–water partition coefficient (Wildman–Crippen LogP) is 1.39. The average Bonchev–Trinajstić information content (AvgIpc) is 2.61. The Morgan fingerprint density at radius 2 is 2.25 bits per heavy atom. The van der Waals surface area contributed by atoms with Crippen LogP contribution in [0, 0.1) is 12.8 Å². The average molecular weight is 241 g/mol. The van der Waals surface area contributed by atoms with Crippen molar-refractivity contribution in [1.29, 1.82) is 0 Å². The SMILES string of the molecule is Cc1ncc(CN(C)C(=O)[C@H](N)C(C)C)s1. The molecule has 1 heterocycles. The first-order chi connectivity index (χ1) is 7.41. The molecule has 0 radical (unpaired) electrons. The Morgan fingerprint density at radius 3 is 2.69 bits per heavy atom. The summed E-state index contributed by atoms with van der Waals surface area (Å²) in [7, 11) is 1.78. The second kappa shape index (κ2) is 5.41. The number of hydrogen-bond donors (Lipinski definition) is 1. The smallest absolute Gasteiger partial charge is 0.239 e. The van der Waals surface area contributed by atoms with Gasteiger partial charge in [-0.05, 0) is 12.8 Å². The fraction of sp³-hybridized carbons (Fsp3) is 0.636. The summed E-state index contributed by atoms with van der Waals surface area (Å²) in [5, 5.41) is 1.02. The minimum atomic E-state index is -0.418. The highest BCUT2D eigenvalue weighted by Crippen LogP contribution is 2.14. The van der Waals surface area contributed by atoms with Crippen LogP contribution < -0.4 is 5.73 Å². The molecular formula is C11H19N3OS. The van der Waals surface area contributed by atoms with Crippen molar-refractivity contribution >= 4 is 17.2 Å². The Kier molecular flexibility index (Phi) is 4.44. The number of carbonyl (C=O) groups is 1. The number of nitrogens with zero attached hydrogens (tertiary/aromatic N) is 2. The Balaban J connectivity index is 2.58. The summed E-state index contributed by atoms with van der Waals surface area (Å²) in [4.78, 5) is 18.8. The van der Waals surface area contributed by atoms with Gasteiger partial charge < -0.3 is 10.6 Å². The molecule has 0 aromatic carbocycles. The molecule has 0 aliphatic carbocycles. The number of likely N-dealkylation sites (N-methyl/N-ethyl adjacent to an activating group) is 1. The number of aromatic nitrogens is 1. The van der Waals surface area contributed by atoms with E-state index >= 15 is 0 Å². The second-order valence-electron chi connectivity index (χ2n) is 4.31. The highest BCUT2D eigenvalue weighted by Gasteiger charge is 2.21. The molecule has 0 bridgehead atoms. The van der Waals surface area contributed by atoms with Crippen LogP contribution in [-0.4, -0.2) is 28.9 Å². The van der Waals surface area contributed by atoms with Crippen molar-refractivity contribution in [2.75, 3.05) is 7.05 Å². The molecule has 1 aromatic rings. The molecule has 1 aromatic heterocycles. The van der Waals surface area contributed by atoms with Gasteiger partial charge in [-0.1, -0.05) is 13.8 Å². The van der Waals surface area contributed by atoms with E-state index in [9.17, 15) is 4.79 Å². The van der Waals surface area contributed by atoms with E-state index in [0.717, 1.165) is 9.88 Å². The normalized spacial score (nSPS) is 12.9. The number of amides is 1. The molecule has 1 amide bonds. The van der Waals surface area contributed by atoms with E-state index in [4.69, 9.17) is 5.73 Å². The van der Waals surface area contributed by atoms with Crippen molar-refractivity contribution in [3.63, 3.8) is 0 Å². The summed E-state index contributed by atoms with van der Waals surface area (Å²) in [6.45, 7) is 6.45. The van der Waals surface area contributed by atoms with Crippen LogP contribution in [0.2, 0.25) is 0 Å². The third kappa shape index (κ3) is 3.28. The summed E-state index contributed by atoms with van der Waals surface area (Å²) < 4.78 is 0. The molecule has 0 saturated carbocycles. The van der Waals surface area contributed by atoms with Crippen molar-refractivity contribution in [1.82, 2.24) is 9.88 Å². The molecule has 0 aliphatic heterocycles. The lowest BCUT2D eigenvalue weighted by Gasteiger charge is -2.22. The lowest BCUT2D eigenvalue weighted by atomic mass is 10.0. The molecule has 1 rings (SSSR count). The van der Waals surface area contributed by atoms with Gasteiger partial charge in [-0.3, -0.25) is 4.79 Å². The molecule has 0 aliphatic rings. The maximum Gasteiger partial charge on any atom is 0.239 e. The van der Waals surface area contributed by atoms with E-state index in [1.165, 1.54) is 0 Å². The quantitative estimate of drug-likeness (QED) is 0.866. The van der Waals surface area contributed by atoms with Crippen molar-refractivity contribution < 1.29 is 4.79 Å². The van der Waals surface area contributed by atoms with E-state index in [-0.39, 0.29) is 11.8 Å². The second-order valence-corrected chi connectivity index (χ2v) is 5.63. The minimum absolute atomic E-state index is 0.0129. The number of thiazole rings is 1. The summed E-state index contributed by atoms with van der Waals surface area (Å²) in [5.74, 6) is 0.152. The molecular weight excluding hydrogens is 222 g/mol. The lowest BCUT2D eigenvalue weighted by molar-refractivity contribution is -0.132. The molecule has 0 spiro atoms. The number of rotatable bonds is 4. The van der Waals surface area contributed by atoms with Crippen molar-refractivity contribution in [2.45, 2.75) is 33.4 Å². The third-order valence-corrected chi connectivity index (χ3v) is 3.34. The Labute approximate surface area is 100 Å². The van der Waals surface area contributed by atoms with Crippen LogP contribution in [0.15, 0.2) is 6.20 Å². The Bertz CT molecular complexity index is 362. The molecule has 5 heteroatoms. The zero-order chi connectivity index (χ0) is 12.3. The number of nitrogens with two attached hydrogens (primary N) is 1. The fourth-order valence-electron chi connectivity index (χ4n) is 1.33. The van der Waals surface area contributed by atoms with Crippen molar-refractivity contribution in [3.05, 3.63) is 16.1 Å². The van der Waals surface area contributed by atoms with E-state index in [0.29, 0.717) is 6.54 Å². The van der Waals surface area contributed by atoms with Gasteiger partial charge in [-0.2, -0.15) is 0 Å². The molecule has 0 fully saturated rings. The zero-order valence-corrected chi connectivity index (χ0v) is 11.0. The number of aryl methyl sites for hydroxylation is 1. The van der Waals surface area contributed by atoms with Crippen molar-refractivity contribution in [2.24, 2.45) is 11.7 Å². The molecule has 2 N–H and O–H groups in total. The van der Waals surface area contributed by atoms with Crippen LogP contribution in [0.5, 0.6) is 0 Å². The van der Waals surface area contributed by atoms with E-state index < -0.39 is 6.04 Å². The molecule has 0 unspecified atom stereocenters. The first-order valence-corrected chi connectivity index (χ1v) is 6.15. The fourth-order valence-corrected chi connectivity index (χ4v) is 2.18. The van der Waals surface area contributed by atoms with Crippen LogP contribution in [0.25, 0.3) is 0 Å². The van der Waals surface area contributed by atoms with Gasteiger partial charge in [0, 0.05) is 18.1 Å². The van der Waals surface area contributed by atoms with Gasteiger partial charge in [0.15, 0.2) is 0 Å². The van der Waals surface area contributed by atoms with Gasteiger partial charge in [-0.25, -0.2) is 4.98 Å². The zero-order valence-electron chi connectivity index (χ0n) is 10.2. The van der Waals surface area contributed by atoms with Crippen LogP contribution in [0.1, 0.15) is 23.7 Å². The monoisotopic (exact) mass is 241 g/mol. The van der Waals surface area contributed by atoms with Gasteiger partial charge in [0.2, 0.25) is 5.91 Å². The Hall–Kier alpha value is -0.940. The van der Waals surface area contributed by atoms with Crippen LogP contribution in [-0.2, 0) is 11.3 Å². The standard InChI is InChI=1S/C11H19N3OS/c1-7(2)10(12)11(15)14(4)6-9-5-13-8(3)16-9/h5,7,10H,6,12H2,1-4H3/t10-/m1/s1. The van der Waals surface area contributed by atoms with E-state index in [1.807, 2.05) is 27.0 Å². The summed E-state index contributed by atoms with van der Waals surface area (Å²) >= 11 is 1.61. The number of carbonyl (C=O) groups excluding carboxylic acids is 1. The predicted molar refractivity (Wildman–Crippen MR) is 66.1 cm³/mol. The summed E-state index contributed by atoms with van der Waals surface area (Å²) in [6, 6.07) is -0.418. The van der Waals surface area contributed by atoms with Crippen molar-refractivity contribution in [3.8, 4) is 0 Å². The molecule has 1 atom stereocenters. The highest BCUT2D eigenvalue weighted by molar-refractivity contribution is 7.11. The van der Waals surface area contributed by atoms with Gasteiger partial charge in [0.05, 0.1) is 17.6 Å². The first kappa shape index (κ1) is 13.1. The van der Waals surface area contributed by atoms with E-state index in [2.05, 4.69) is 4.98 Å². The maximum atomic E-state index is 11.9. The maximum absolute atomic E-state index is 11.9. The topological polar surface area (TPSA) is 59.2 Å². The van der Waals surface area contributed by atoms with Gasteiger partial charge >= 0.3 is 0 Å². The molecule has 90 valence electrons. The van der Waals surface area contributed by atoms with Crippen LogP contribution in [0.3, 0.4) is 0 Å². The Morgan fingerprint density at radius 1 is 1.62 bits per heavy atom. The lowest BCUT2D eigenvalue weighted by Crippen LogP contribution is -2.44. The number of hydrogen-bond acceptors (Lipinski definition) is 4. The summed E-state index contributed by atoms with van der Waals surface area (Å²) in [5.41, 5.74) is 5.82.